The number of para-hydroxylation sites is 1. The summed E-state index contributed by atoms with van der Waals surface area (Å²) in [6.45, 7) is 0. The van der Waals surface area contributed by atoms with Crippen molar-refractivity contribution in [2.75, 3.05) is 0 Å². The monoisotopic (exact) mass is 203 g/mol. The number of halogens is 1. The number of ether oxygens (including phenoxy) is 1. The van der Waals surface area contributed by atoms with Gasteiger partial charge in [0.05, 0.1) is 5.02 Å². The Balaban J connectivity index is 2.24. The highest BCUT2D eigenvalue weighted by atomic mass is 35.5. The summed E-state index contributed by atoms with van der Waals surface area (Å²) >= 11 is 5.94. The second-order valence-electron chi connectivity index (χ2n) is 2.77. The van der Waals surface area contributed by atoms with E-state index in [4.69, 9.17) is 16.3 Å². The fourth-order valence-corrected chi connectivity index (χ4v) is 1.27. The summed E-state index contributed by atoms with van der Waals surface area (Å²) in [6.07, 6.45) is 0. The van der Waals surface area contributed by atoms with Crippen molar-refractivity contribution in [3.63, 3.8) is 0 Å². The summed E-state index contributed by atoms with van der Waals surface area (Å²) < 4.78 is 5.55. The summed E-state index contributed by atoms with van der Waals surface area (Å²) in [4.78, 5) is 0. The molecular formula is C12H8ClO. The smallest absolute Gasteiger partial charge is 0.146 e. The molecule has 2 rings (SSSR count). The molecule has 0 bridgehead atoms. The molecule has 0 spiro atoms. The zero-order chi connectivity index (χ0) is 9.80. The summed E-state index contributed by atoms with van der Waals surface area (Å²) in [7, 11) is 0. The van der Waals surface area contributed by atoms with Gasteiger partial charge in [-0.15, -0.1) is 0 Å². The number of benzene rings is 2. The van der Waals surface area contributed by atoms with E-state index in [-0.39, 0.29) is 0 Å². The number of hydrogen-bond donors (Lipinski definition) is 0. The minimum Gasteiger partial charge on any atom is -0.456 e. The van der Waals surface area contributed by atoms with Crippen LogP contribution in [0.2, 0.25) is 5.02 Å². The minimum absolute atomic E-state index is 0.608. The highest BCUT2D eigenvalue weighted by Crippen LogP contribution is 2.28. The fourth-order valence-electron chi connectivity index (χ4n) is 1.09. The van der Waals surface area contributed by atoms with Crippen LogP contribution in [0.5, 0.6) is 11.5 Å². The van der Waals surface area contributed by atoms with E-state index in [0.29, 0.717) is 10.8 Å². The van der Waals surface area contributed by atoms with Gasteiger partial charge in [0.1, 0.15) is 11.5 Å². The second kappa shape index (κ2) is 4.16. The van der Waals surface area contributed by atoms with Gasteiger partial charge in [0.15, 0.2) is 0 Å². The lowest BCUT2D eigenvalue weighted by molar-refractivity contribution is 0.483. The van der Waals surface area contributed by atoms with Gasteiger partial charge in [0.25, 0.3) is 0 Å². The zero-order valence-corrected chi connectivity index (χ0v) is 8.16. The zero-order valence-electron chi connectivity index (χ0n) is 7.41. The van der Waals surface area contributed by atoms with Crippen LogP contribution in [0.3, 0.4) is 0 Å². The Labute approximate surface area is 87.9 Å². The van der Waals surface area contributed by atoms with Gasteiger partial charge < -0.3 is 4.74 Å². The molecule has 0 aliphatic carbocycles. The molecule has 1 nitrogen and oxygen atoms in total. The molecule has 0 amide bonds. The minimum atomic E-state index is 0.608. The molecule has 2 aromatic rings. The lowest BCUT2D eigenvalue weighted by Gasteiger charge is -2.05. The summed E-state index contributed by atoms with van der Waals surface area (Å²) in [6, 6.07) is 17.6. The third-order valence-electron chi connectivity index (χ3n) is 1.74. The fraction of sp³-hybridized carbons (Fsp3) is 0. The Morgan fingerprint density at radius 3 is 2.64 bits per heavy atom. The van der Waals surface area contributed by atoms with E-state index < -0.39 is 0 Å². The maximum atomic E-state index is 5.94. The normalized spacial score (nSPS) is 9.79. The molecule has 69 valence electrons. The summed E-state index contributed by atoms with van der Waals surface area (Å²) in [5.41, 5.74) is 0. The maximum Gasteiger partial charge on any atom is 0.146 e. The van der Waals surface area contributed by atoms with Crippen molar-refractivity contribution in [2.45, 2.75) is 0 Å². The first-order chi connectivity index (χ1) is 6.86. The summed E-state index contributed by atoms with van der Waals surface area (Å²) in [5, 5.41) is 0.608. The molecule has 0 aromatic heterocycles. The Bertz CT molecular complexity index is 412. The van der Waals surface area contributed by atoms with Crippen LogP contribution in [0.4, 0.5) is 0 Å². The molecule has 0 heterocycles. The molecular weight excluding hydrogens is 196 g/mol. The molecule has 0 aliphatic rings. The van der Waals surface area contributed by atoms with E-state index in [1.807, 2.05) is 36.4 Å². The van der Waals surface area contributed by atoms with Gasteiger partial charge in [0.2, 0.25) is 0 Å². The maximum absolute atomic E-state index is 5.94. The highest BCUT2D eigenvalue weighted by Gasteiger charge is 2.00. The van der Waals surface area contributed by atoms with Crippen LogP contribution in [0.25, 0.3) is 0 Å². The number of hydrogen-bond acceptors (Lipinski definition) is 1. The first-order valence-electron chi connectivity index (χ1n) is 4.25. The van der Waals surface area contributed by atoms with Crippen LogP contribution in [0.15, 0.2) is 48.5 Å². The van der Waals surface area contributed by atoms with E-state index in [9.17, 15) is 0 Å². The molecule has 1 radical (unpaired) electrons. The van der Waals surface area contributed by atoms with Crippen LogP contribution in [-0.4, -0.2) is 0 Å². The SMILES string of the molecule is Clc1ccccc1Oc1c[c]ccc1. The molecule has 14 heavy (non-hydrogen) atoms. The van der Waals surface area contributed by atoms with Gasteiger partial charge in [0, 0.05) is 0 Å². The van der Waals surface area contributed by atoms with Crippen molar-refractivity contribution < 1.29 is 4.74 Å². The van der Waals surface area contributed by atoms with Gasteiger partial charge in [-0.3, -0.25) is 0 Å². The van der Waals surface area contributed by atoms with E-state index >= 15 is 0 Å². The molecule has 0 fully saturated rings. The lowest BCUT2D eigenvalue weighted by atomic mass is 10.3. The van der Waals surface area contributed by atoms with Gasteiger partial charge in [-0.05, 0) is 30.3 Å². The largest absolute Gasteiger partial charge is 0.456 e. The predicted molar refractivity (Wildman–Crippen MR) is 56.8 cm³/mol. The summed E-state index contributed by atoms with van der Waals surface area (Å²) in [5.74, 6) is 1.40. The van der Waals surface area contributed by atoms with Crippen molar-refractivity contribution >= 4 is 11.6 Å². The standard InChI is InChI=1S/C12H8ClO/c13-11-8-4-5-9-12(11)14-10-6-2-1-3-7-10/h1-2,4-9H. The molecule has 2 heteroatoms. The van der Waals surface area contributed by atoms with Crippen LogP contribution in [0, 0.1) is 6.07 Å². The third kappa shape index (κ3) is 2.06. The van der Waals surface area contributed by atoms with Gasteiger partial charge in [-0.2, -0.15) is 0 Å². The molecule has 0 N–H and O–H groups in total. The second-order valence-corrected chi connectivity index (χ2v) is 3.18. The molecule has 2 aromatic carbocycles. The molecule has 0 saturated carbocycles. The molecule has 0 atom stereocenters. The molecule has 0 aliphatic heterocycles. The van der Waals surface area contributed by atoms with Crippen molar-refractivity contribution in [1.29, 1.82) is 0 Å². The average molecular weight is 204 g/mol. The van der Waals surface area contributed by atoms with Crippen molar-refractivity contribution in [1.82, 2.24) is 0 Å². The Morgan fingerprint density at radius 2 is 1.93 bits per heavy atom. The average Bonchev–Trinajstić information content (AvgIpc) is 2.23. The number of rotatable bonds is 2. The molecule has 0 unspecified atom stereocenters. The van der Waals surface area contributed by atoms with Crippen molar-refractivity contribution in [2.24, 2.45) is 0 Å². The van der Waals surface area contributed by atoms with E-state index in [1.54, 1.807) is 12.1 Å². The van der Waals surface area contributed by atoms with Crippen LogP contribution in [0.1, 0.15) is 0 Å². The van der Waals surface area contributed by atoms with Crippen LogP contribution in [-0.2, 0) is 0 Å². The third-order valence-corrected chi connectivity index (χ3v) is 2.06. The first-order valence-corrected chi connectivity index (χ1v) is 4.62. The Morgan fingerprint density at radius 1 is 1.07 bits per heavy atom. The van der Waals surface area contributed by atoms with E-state index in [0.717, 1.165) is 5.75 Å². The van der Waals surface area contributed by atoms with Gasteiger partial charge in [-0.1, -0.05) is 35.9 Å². The van der Waals surface area contributed by atoms with Gasteiger partial charge in [-0.25, -0.2) is 0 Å². The predicted octanol–water partition coefficient (Wildman–Crippen LogP) is 3.93. The van der Waals surface area contributed by atoms with Gasteiger partial charge >= 0.3 is 0 Å². The van der Waals surface area contributed by atoms with E-state index in [2.05, 4.69) is 6.07 Å². The topological polar surface area (TPSA) is 9.23 Å². The lowest BCUT2D eigenvalue weighted by Crippen LogP contribution is -1.83. The van der Waals surface area contributed by atoms with Crippen LogP contribution >= 0.6 is 11.6 Å². The quantitative estimate of drug-likeness (QED) is 0.719. The Hall–Kier alpha value is -1.47. The molecule has 0 saturated heterocycles. The first kappa shape index (κ1) is 9.10. The van der Waals surface area contributed by atoms with Crippen molar-refractivity contribution in [3.8, 4) is 11.5 Å². The van der Waals surface area contributed by atoms with Crippen LogP contribution < -0.4 is 4.74 Å². The highest BCUT2D eigenvalue weighted by molar-refractivity contribution is 6.32. The van der Waals surface area contributed by atoms with E-state index in [1.165, 1.54) is 0 Å². The van der Waals surface area contributed by atoms with Crippen molar-refractivity contribution in [3.05, 3.63) is 59.6 Å². The Kier molecular flexibility index (Phi) is 2.70.